The predicted molar refractivity (Wildman–Crippen MR) is 104 cm³/mol. The van der Waals surface area contributed by atoms with Crippen LogP contribution in [0.15, 0.2) is 12.1 Å². The number of rotatable bonds is 2. The van der Waals surface area contributed by atoms with E-state index in [0.29, 0.717) is 29.1 Å². The molecule has 2 aromatic rings. The number of aromatic nitrogens is 1. The molecule has 3 rings (SSSR count). The standard InChI is InChI=1S/C20H24ClFN2O4/c1-20(2,3)28-19(26)24-7-5-6-11(10-24)12-8-14(21)13-9-15(18(25)27-4)23-17(13)16(12)22/h8-9,11,23H,5-7,10H2,1-4H3/t11-/m1/s1. The zero-order chi connectivity index (χ0) is 20.6. The summed E-state index contributed by atoms with van der Waals surface area (Å²) in [6, 6.07) is 3.06. The molecule has 1 N–H and O–H groups in total. The zero-order valence-electron chi connectivity index (χ0n) is 16.4. The number of hydrogen-bond acceptors (Lipinski definition) is 4. The molecule has 0 spiro atoms. The third-order valence-electron chi connectivity index (χ3n) is 4.75. The monoisotopic (exact) mass is 410 g/mol. The van der Waals surface area contributed by atoms with Gasteiger partial charge in [0.15, 0.2) is 5.82 Å². The lowest BCUT2D eigenvalue weighted by molar-refractivity contribution is 0.0197. The Hall–Kier alpha value is -2.28. The van der Waals surface area contributed by atoms with Gasteiger partial charge in [-0.25, -0.2) is 14.0 Å². The second-order valence-corrected chi connectivity index (χ2v) is 8.40. The summed E-state index contributed by atoms with van der Waals surface area (Å²) in [6.45, 7) is 6.34. The van der Waals surface area contributed by atoms with Crippen molar-refractivity contribution in [1.82, 2.24) is 9.88 Å². The zero-order valence-corrected chi connectivity index (χ0v) is 17.2. The van der Waals surface area contributed by atoms with E-state index in [2.05, 4.69) is 9.72 Å². The molecule has 1 atom stereocenters. The normalized spacial score (nSPS) is 17.6. The molecule has 1 aromatic heterocycles. The molecule has 0 bridgehead atoms. The van der Waals surface area contributed by atoms with Gasteiger partial charge in [0.05, 0.1) is 17.6 Å². The molecule has 0 saturated carbocycles. The van der Waals surface area contributed by atoms with Crippen molar-refractivity contribution in [3.05, 3.63) is 34.2 Å². The van der Waals surface area contributed by atoms with E-state index in [1.54, 1.807) is 11.0 Å². The van der Waals surface area contributed by atoms with Crippen molar-refractivity contribution < 1.29 is 23.5 Å². The maximum Gasteiger partial charge on any atom is 0.410 e. The van der Waals surface area contributed by atoms with Gasteiger partial charge in [0.1, 0.15) is 11.3 Å². The van der Waals surface area contributed by atoms with Gasteiger partial charge in [0, 0.05) is 24.4 Å². The molecule has 0 unspecified atom stereocenters. The molecular formula is C20H24ClFN2O4. The topological polar surface area (TPSA) is 71.6 Å². The summed E-state index contributed by atoms with van der Waals surface area (Å²) >= 11 is 6.36. The van der Waals surface area contributed by atoms with Crippen LogP contribution in [0.3, 0.4) is 0 Å². The first-order chi connectivity index (χ1) is 13.1. The van der Waals surface area contributed by atoms with E-state index < -0.39 is 23.5 Å². The van der Waals surface area contributed by atoms with E-state index in [1.807, 2.05) is 20.8 Å². The van der Waals surface area contributed by atoms with Crippen molar-refractivity contribution >= 4 is 34.6 Å². The minimum atomic E-state index is -0.595. The molecular weight excluding hydrogens is 387 g/mol. The number of nitrogens with one attached hydrogen (secondary N) is 1. The number of likely N-dealkylation sites (tertiary alicyclic amines) is 1. The minimum Gasteiger partial charge on any atom is -0.464 e. The third-order valence-corrected chi connectivity index (χ3v) is 5.06. The highest BCUT2D eigenvalue weighted by molar-refractivity contribution is 6.35. The van der Waals surface area contributed by atoms with Gasteiger partial charge in [0.25, 0.3) is 0 Å². The van der Waals surface area contributed by atoms with Crippen LogP contribution < -0.4 is 0 Å². The van der Waals surface area contributed by atoms with Crippen LogP contribution in [-0.4, -0.2) is 47.7 Å². The smallest absolute Gasteiger partial charge is 0.410 e. The van der Waals surface area contributed by atoms with Gasteiger partial charge in [0.2, 0.25) is 0 Å². The molecule has 8 heteroatoms. The summed E-state index contributed by atoms with van der Waals surface area (Å²) in [5.41, 5.74) is 0.127. The van der Waals surface area contributed by atoms with E-state index in [1.165, 1.54) is 13.2 Å². The molecule has 1 aliphatic heterocycles. The van der Waals surface area contributed by atoms with Gasteiger partial charge in [-0.15, -0.1) is 0 Å². The number of benzene rings is 1. The summed E-state index contributed by atoms with van der Waals surface area (Å²) in [4.78, 5) is 28.5. The Morgan fingerprint density at radius 1 is 1.32 bits per heavy atom. The van der Waals surface area contributed by atoms with Crippen molar-refractivity contribution in [3.63, 3.8) is 0 Å². The highest BCUT2D eigenvalue weighted by Crippen LogP contribution is 2.36. The van der Waals surface area contributed by atoms with Crippen LogP contribution in [0.2, 0.25) is 5.02 Å². The first kappa shape index (κ1) is 20.5. The van der Waals surface area contributed by atoms with Gasteiger partial charge in [-0.05, 0) is 51.3 Å². The van der Waals surface area contributed by atoms with E-state index in [0.717, 1.165) is 12.8 Å². The Morgan fingerprint density at radius 2 is 2.04 bits per heavy atom. The molecule has 1 aliphatic rings. The lowest BCUT2D eigenvalue weighted by atomic mass is 9.90. The summed E-state index contributed by atoms with van der Waals surface area (Å²) < 4.78 is 25.4. The van der Waals surface area contributed by atoms with Gasteiger partial charge in [-0.2, -0.15) is 0 Å². The number of piperidine rings is 1. The maximum absolute atomic E-state index is 15.2. The van der Waals surface area contributed by atoms with Crippen LogP contribution in [0.4, 0.5) is 9.18 Å². The quantitative estimate of drug-likeness (QED) is 0.717. The number of methoxy groups -OCH3 is 1. The number of fused-ring (bicyclic) bond motifs is 1. The number of hydrogen-bond donors (Lipinski definition) is 1. The number of amides is 1. The van der Waals surface area contributed by atoms with Crippen molar-refractivity contribution in [2.45, 2.75) is 45.1 Å². The molecule has 1 amide bonds. The fourth-order valence-corrected chi connectivity index (χ4v) is 3.74. The molecule has 6 nitrogen and oxygen atoms in total. The van der Waals surface area contributed by atoms with Crippen LogP contribution in [0.25, 0.3) is 10.9 Å². The number of carbonyl (C=O) groups is 2. The molecule has 2 heterocycles. The fourth-order valence-electron chi connectivity index (χ4n) is 3.48. The Labute approximate surface area is 167 Å². The first-order valence-electron chi connectivity index (χ1n) is 9.17. The van der Waals surface area contributed by atoms with Crippen LogP contribution >= 0.6 is 11.6 Å². The molecule has 152 valence electrons. The average Bonchev–Trinajstić information content (AvgIpc) is 3.09. The van der Waals surface area contributed by atoms with E-state index in [4.69, 9.17) is 16.3 Å². The van der Waals surface area contributed by atoms with Gasteiger partial charge >= 0.3 is 12.1 Å². The van der Waals surface area contributed by atoms with Crippen LogP contribution in [-0.2, 0) is 9.47 Å². The summed E-state index contributed by atoms with van der Waals surface area (Å²) in [6.07, 6.45) is 1.05. The van der Waals surface area contributed by atoms with Gasteiger partial charge in [-0.3, -0.25) is 0 Å². The number of esters is 1. The Kier molecular flexibility index (Phi) is 5.57. The number of H-pyrrole nitrogens is 1. The Bertz CT molecular complexity index is 919. The molecule has 0 aliphatic carbocycles. The van der Waals surface area contributed by atoms with Crippen molar-refractivity contribution in [2.24, 2.45) is 0 Å². The number of ether oxygens (including phenoxy) is 2. The molecule has 1 saturated heterocycles. The molecule has 1 aromatic carbocycles. The Balaban J connectivity index is 1.91. The number of nitrogens with zero attached hydrogens (tertiary/aromatic N) is 1. The highest BCUT2D eigenvalue weighted by atomic mass is 35.5. The second-order valence-electron chi connectivity index (χ2n) is 7.99. The highest BCUT2D eigenvalue weighted by Gasteiger charge is 2.31. The number of halogens is 2. The van der Waals surface area contributed by atoms with E-state index in [9.17, 15) is 9.59 Å². The maximum atomic E-state index is 15.2. The van der Waals surface area contributed by atoms with Crippen molar-refractivity contribution in [3.8, 4) is 0 Å². The Morgan fingerprint density at radius 3 is 2.68 bits per heavy atom. The van der Waals surface area contributed by atoms with E-state index in [-0.39, 0.29) is 17.1 Å². The first-order valence-corrected chi connectivity index (χ1v) is 9.55. The van der Waals surface area contributed by atoms with Crippen LogP contribution in [0, 0.1) is 5.82 Å². The molecule has 1 fully saturated rings. The van der Waals surface area contributed by atoms with Gasteiger partial charge in [-0.1, -0.05) is 11.6 Å². The van der Waals surface area contributed by atoms with Crippen molar-refractivity contribution in [2.75, 3.05) is 20.2 Å². The number of aromatic amines is 1. The lowest BCUT2D eigenvalue weighted by Gasteiger charge is -2.34. The third kappa shape index (κ3) is 4.09. The van der Waals surface area contributed by atoms with Gasteiger partial charge < -0.3 is 19.4 Å². The minimum absolute atomic E-state index is 0.134. The SMILES string of the molecule is COC(=O)c1cc2c(Cl)cc([C@@H]3CCCN(C(=O)OC(C)(C)C)C3)c(F)c2[nH]1. The largest absolute Gasteiger partial charge is 0.464 e. The second kappa shape index (κ2) is 7.62. The fraction of sp³-hybridized carbons (Fsp3) is 0.500. The summed E-state index contributed by atoms with van der Waals surface area (Å²) in [5, 5.41) is 0.760. The summed E-state index contributed by atoms with van der Waals surface area (Å²) in [7, 11) is 1.25. The van der Waals surface area contributed by atoms with Crippen molar-refractivity contribution in [1.29, 1.82) is 0 Å². The summed E-state index contributed by atoms with van der Waals surface area (Å²) in [5.74, 6) is -1.28. The predicted octanol–water partition coefficient (Wildman–Crippen LogP) is 4.86. The molecule has 28 heavy (non-hydrogen) atoms. The van der Waals surface area contributed by atoms with Crippen LogP contribution in [0.5, 0.6) is 0 Å². The van der Waals surface area contributed by atoms with E-state index >= 15 is 4.39 Å². The van der Waals surface area contributed by atoms with Crippen LogP contribution in [0.1, 0.15) is 55.6 Å². The average molecular weight is 411 g/mol. The lowest BCUT2D eigenvalue weighted by Crippen LogP contribution is -2.42. The molecule has 0 radical (unpaired) electrons. The number of carbonyl (C=O) groups excluding carboxylic acids is 2.